The van der Waals surface area contributed by atoms with Crippen LogP contribution in [0, 0.1) is 12.8 Å². The van der Waals surface area contributed by atoms with Gasteiger partial charge in [0.1, 0.15) is 5.82 Å². The maximum atomic E-state index is 12.7. The highest BCUT2D eigenvalue weighted by Crippen LogP contribution is 2.27. The average molecular weight is 425 g/mol. The Labute approximate surface area is 176 Å². The quantitative estimate of drug-likeness (QED) is 0.656. The minimum absolute atomic E-state index is 0. The van der Waals surface area contributed by atoms with E-state index >= 15 is 0 Å². The van der Waals surface area contributed by atoms with E-state index in [9.17, 15) is 4.79 Å². The molecule has 0 unspecified atom stereocenters. The van der Waals surface area contributed by atoms with Gasteiger partial charge in [0.2, 0.25) is 5.91 Å². The molecule has 2 aromatic heterocycles. The first kappa shape index (κ1) is 22.2. The summed E-state index contributed by atoms with van der Waals surface area (Å²) in [7, 11) is 1.90. The van der Waals surface area contributed by atoms with Crippen LogP contribution >= 0.6 is 24.8 Å². The van der Waals surface area contributed by atoms with E-state index in [0.29, 0.717) is 13.1 Å². The van der Waals surface area contributed by atoms with Crippen molar-refractivity contribution in [3.63, 3.8) is 0 Å². The lowest BCUT2D eigenvalue weighted by molar-refractivity contribution is -0.124. The Balaban J connectivity index is 0.00000140. The number of benzene rings is 1. The molecule has 0 saturated carbocycles. The smallest absolute Gasteiger partial charge is 0.225 e. The van der Waals surface area contributed by atoms with Crippen molar-refractivity contribution in [2.45, 2.75) is 19.4 Å². The van der Waals surface area contributed by atoms with Crippen LogP contribution in [0.25, 0.3) is 11.0 Å². The number of fused-ring (bicyclic) bond motifs is 1. The van der Waals surface area contributed by atoms with E-state index < -0.39 is 0 Å². The molecule has 28 heavy (non-hydrogen) atoms. The highest BCUT2D eigenvalue weighted by Gasteiger charge is 2.34. The Bertz CT molecular complexity index is 938. The summed E-state index contributed by atoms with van der Waals surface area (Å²) in [4.78, 5) is 17.3. The van der Waals surface area contributed by atoms with Gasteiger partial charge in [-0.3, -0.25) is 9.48 Å². The first-order valence-corrected chi connectivity index (χ1v) is 9.02. The maximum absolute atomic E-state index is 12.7. The summed E-state index contributed by atoms with van der Waals surface area (Å²) < 4.78 is 3.94. The maximum Gasteiger partial charge on any atom is 0.225 e. The summed E-state index contributed by atoms with van der Waals surface area (Å²) in [5, 5.41) is 10.7. The third-order valence-electron chi connectivity index (χ3n) is 5.18. The highest BCUT2D eigenvalue weighted by molar-refractivity contribution is 5.85. The molecule has 3 heterocycles. The number of aromatic nitrogens is 4. The van der Waals surface area contributed by atoms with E-state index in [-0.39, 0.29) is 42.6 Å². The Morgan fingerprint density at radius 2 is 2.07 bits per heavy atom. The van der Waals surface area contributed by atoms with Gasteiger partial charge in [-0.1, -0.05) is 12.1 Å². The summed E-state index contributed by atoms with van der Waals surface area (Å²) in [6.45, 7) is 4.83. The molecule has 152 valence electrons. The average Bonchev–Trinajstić information content (AvgIpc) is 3.33. The van der Waals surface area contributed by atoms with Crippen LogP contribution in [0.2, 0.25) is 0 Å². The van der Waals surface area contributed by atoms with E-state index in [4.69, 9.17) is 0 Å². The standard InChI is InChI=1S/C19H24N6O.2ClH/c1-13-23-17-5-3-4-6-18(17)25(13)8-7-21-19(26)16-11-20-10-15(16)14-9-22-24(2)12-14;;/h3-6,9,12,15-16,20H,7-8,10-11H2,1-2H3,(H,21,26);2*1H/t15-,16+;;/m1../s1. The number of imidazole rings is 1. The summed E-state index contributed by atoms with van der Waals surface area (Å²) in [6.07, 6.45) is 3.86. The predicted octanol–water partition coefficient (Wildman–Crippen LogP) is 2.04. The Morgan fingerprint density at radius 1 is 1.29 bits per heavy atom. The van der Waals surface area contributed by atoms with Crippen LogP contribution < -0.4 is 10.6 Å². The predicted molar refractivity (Wildman–Crippen MR) is 114 cm³/mol. The van der Waals surface area contributed by atoms with Gasteiger partial charge >= 0.3 is 0 Å². The Morgan fingerprint density at radius 3 is 2.82 bits per heavy atom. The van der Waals surface area contributed by atoms with Crippen LogP contribution in [0.1, 0.15) is 17.3 Å². The molecule has 4 rings (SSSR count). The Kier molecular flexibility index (Phi) is 7.46. The van der Waals surface area contributed by atoms with Gasteiger partial charge in [-0.25, -0.2) is 4.98 Å². The number of aryl methyl sites for hydroxylation is 2. The van der Waals surface area contributed by atoms with Crippen LogP contribution in [0.5, 0.6) is 0 Å². The molecule has 0 spiro atoms. The molecular formula is C19H26Cl2N6O. The van der Waals surface area contributed by atoms with E-state index in [1.165, 1.54) is 0 Å². The lowest BCUT2D eigenvalue weighted by Crippen LogP contribution is -2.36. The number of amides is 1. The molecule has 2 atom stereocenters. The third-order valence-corrected chi connectivity index (χ3v) is 5.18. The Hall–Kier alpha value is -2.09. The molecule has 3 aromatic rings. The molecule has 0 bridgehead atoms. The summed E-state index contributed by atoms with van der Waals surface area (Å²) in [5.74, 6) is 1.20. The highest BCUT2D eigenvalue weighted by atomic mass is 35.5. The fraction of sp³-hybridized carbons (Fsp3) is 0.421. The molecule has 1 saturated heterocycles. The van der Waals surface area contributed by atoms with Gasteiger partial charge in [0.25, 0.3) is 0 Å². The second-order valence-electron chi connectivity index (χ2n) is 6.91. The van der Waals surface area contributed by atoms with Crippen molar-refractivity contribution < 1.29 is 4.79 Å². The van der Waals surface area contributed by atoms with Gasteiger partial charge in [0.15, 0.2) is 0 Å². The van der Waals surface area contributed by atoms with Crippen molar-refractivity contribution in [3.8, 4) is 0 Å². The summed E-state index contributed by atoms with van der Waals surface area (Å²) >= 11 is 0. The molecule has 0 radical (unpaired) electrons. The zero-order chi connectivity index (χ0) is 18.1. The SMILES string of the molecule is Cc1nc2ccccc2n1CCNC(=O)[C@H]1CNC[C@@H]1c1cnn(C)c1.Cl.Cl. The lowest BCUT2D eigenvalue weighted by Gasteiger charge is -2.17. The minimum atomic E-state index is -0.0557. The number of halogens is 2. The number of para-hydroxylation sites is 2. The van der Waals surface area contributed by atoms with Crippen molar-refractivity contribution in [1.82, 2.24) is 30.0 Å². The fourth-order valence-corrected chi connectivity index (χ4v) is 3.84. The molecule has 9 heteroatoms. The number of carbonyl (C=O) groups is 1. The normalized spacial score (nSPS) is 18.5. The van der Waals surface area contributed by atoms with Crippen molar-refractivity contribution in [2.24, 2.45) is 13.0 Å². The molecule has 1 fully saturated rings. The van der Waals surface area contributed by atoms with E-state index in [0.717, 1.165) is 35.5 Å². The molecule has 2 N–H and O–H groups in total. The van der Waals surface area contributed by atoms with Crippen molar-refractivity contribution in [3.05, 3.63) is 48.0 Å². The second-order valence-corrected chi connectivity index (χ2v) is 6.91. The second kappa shape index (κ2) is 9.41. The van der Waals surface area contributed by atoms with Crippen molar-refractivity contribution >= 4 is 41.8 Å². The molecule has 1 aliphatic rings. The number of nitrogens with zero attached hydrogens (tertiary/aromatic N) is 4. The van der Waals surface area contributed by atoms with Crippen LogP contribution in [-0.4, -0.2) is 44.9 Å². The molecule has 1 aromatic carbocycles. The summed E-state index contributed by atoms with van der Waals surface area (Å²) in [5.41, 5.74) is 3.22. The molecule has 1 aliphatic heterocycles. The fourth-order valence-electron chi connectivity index (χ4n) is 3.84. The zero-order valence-electron chi connectivity index (χ0n) is 16.0. The topological polar surface area (TPSA) is 76.8 Å². The summed E-state index contributed by atoms with van der Waals surface area (Å²) in [6, 6.07) is 8.09. The number of nitrogens with one attached hydrogen (secondary N) is 2. The first-order valence-electron chi connectivity index (χ1n) is 9.02. The van der Waals surface area contributed by atoms with Crippen LogP contribution in [-0.2, 0) is 18.4 Å². The van der Waals surface area contributed by atoms with Gasteiger partial charge in [-0.15, -0.1) is 24.8 Å². The molecular weight excluding hydrogens is 399 g/mol. The molecule has 7 nitrogen and oxygen atoms in total. The van der Waals surface area contributed by atoms with E-state index in [2.05, 4.69) is 31.3 Å². The van der Waals surface area contributed by atoms with Crippen LogP contribution in [0.4, 0.5) is 0 Å². The third kappa shape index (κ3) is 4.32. The number of hydrogen-bond acceptors (Lipinski definition) is 4. The minimum Gasteiger partial charge on any atom is -0.354 e. The van der Waals surface area contributed by atoms with E-state index in [1.54, 1.807) is 4.68 Å². The van der Waals surface area contributed by atoms with E-state index in [1.807, 2.05) is 44.6 Å². The largest absolute Gasteiger partial charge is 0.354 e. The van der Waals surface area contributed by atoms with Crippen LogP contribution in [0.3, 0.4) is 0 Å². The number of hydrogen-bond donors (Lipinski definition) is 2. The van der Waals surface area contributed by atoms with Gasteiger partial charge < -0.3 is 15.2 Å². The number of carbonyl (C=O) groups excluding carboxylic acids is 1. The van der Waals surface area contributed by atoms with Gasteiger partial charge in [-0.05, 0) is 24.6 Å². The lowest BCUT2D eigenvalue weighted by atomic mass is 9.90. The van der Waals surface area contributed by atoms with Crippen molar-refractivity contribution in [2.75, 3.05) is 19.6 Å². The van der Waals surface area contributed by atoms with Gasteiger partial charge in [0, 0.05) is 45.3 Å². The van der Waals surface area contributed by atoms with Crippen molar-refractivity contribution in [1.29, 1.82) is 0 Å². The van der Waals surface area contributed by atoms with Gasteiger partial charge in [0.05, 0.1) is 23.1 Å². The first-order chi connectivity index (χ1) is 12.6. The molecule has 0 aliphatic carbocycles. The van der Waals surface area contributed by atoms with Crippen LogP contribution in [0.15, 0.2) is 36.7 Å². The monoisotopic (exact) mass is 424 g/mol. The zero-order valence-corrected chi connectivity index (χ0v) is 17.6. The molecule has 1 amide bonds. The van der Waals surface area contributed by atoms with Gasteiger partial charge in [-0.2, -0.15) is 5.10 Å². The number of rotatable bonds is 5.